The van der Waals surface area contributed by atoms with Gasteiger partial charge in [0.1, 0.15) is 11.6 Å². The smallest absolute Gasteiger partial charge is 0.236 e. The van der Waals surface area contributed by atoms with Crippen molar-refractivity contribution < 1.29 is 9.53 Å². The molecule has 0 saturated carbocycles. The molecule has 0 aliphatic carbocycles. The molecule has 2 aromatic rings. The normalized spacial score (nSPS) is 10.6. The maximum absolute atomic E-state index is 11.8. The minimum absolute atomic E-state index is 0.0888. The third-order valence-electron chi connectivity index (χ3n) is 2.40. The summed E-state index contributed by atoms with van der Waals surface area (Å²) >= 11 is 8.67. The van der Waals surface area contributed by atoms with Crippen molar-refractivity contribution in [3.63, 3.8) is 0 Å². The number of carbonyl (C=O) groups excluding carboxylic acids is 1. The molecular weight excluding hydrogens is 330 g/mol. The molecule has 0 spiro atoms. The summed E-state index contributed by atoms with van der Waals surface area (Å²) in [4.78, 5) is 11.8. The van der Waals surface area contributed by atoms with Gasteiger partial charge >= 0.3 is 0 Å². The first-order valence-electron chi connectivity index (χ1n) is 6.10. The minimum atomic E-state index is -0.0888. The molecule has 0 aliphatic rings. The molecular formula is C13H14ClN3O2S2. The zero-order valence-corrected chi connectivity index (χ0v) is 13.7. The molecule has 5 nitrogen and oxygen atoms in total. The number of methoxy groups -OCH3 is 1. The van der Waals surface area contributed by atoms with Crippen LogP contribution in [0.1, 0.15) is 10.6 Å². The highest BCUT2D eigenvalue weighted by Gasteiger charge is 2.08. The average molecular weight is 344 g/mol. The first-order chi connectivity index (χ1) is 10.2. The van der Waals surface area contributed by atoms with E-state index in [0.717, 1.165) is 16.3 Å². The molecule has 0 aliphatic heterocycles. The number of ether oxygens (including phenoxy) is 1. The third-order valence-corrected chi connectivity index (χ3v) is 4.46. The van der Waals surface area contributed by atoms with E-state index in [2.05, 4.69) is 15.5 Å². The Morgan fingerprint density at radius 1 is 1.38 bits per heavy atom. The molecule has 0 unspecified atom stereocenters. The van der Waals surface area contributed by atoms with Gasteiger partial charge < -0.3 is 4.74 Å². The molecule has 0 saturated heterocycles. The molecule has 112 valence electrons. The number of amides is 1. The summed E-state index contributed by atoms with van der Waals surface area (Å²) in [5, 5.41) is 12.5. The SMILES string of the molecule is COCc1nnc(NC(=O)CSCc2ccc(Cl)cc2)s1. The lowest BCUT2D eigenvalue weighted by Gasteiger charge is -2.02. The Balaban J connectivity index is 1.72. The van der Waals surface area contributed by atoms with Crippen LogP contribution in [0.3, 0.4) is 0 Å². The number of nitrogens with zero attached hydrogens (tertiary/aromatic N) is 2. The minimum Gasteiger partial charge on any atom is -0.377 e. The van der Waals surface area contributed by atoms with Gasteiger partial charge in [-0.3, -0.25) is 10.1 Å². The standard InChI is InChI=1S/C13H14ClN3O2S2/c1-19-6-12-16-17-13(21-12)15-11(18)8-20-7-9-2-4-10(14)5-3-9/h2-5H,6-8H2,1H3,(H,15,17,18). The number of benzene rings is 1. The lowest BCUT2D eigenvalue weighted by molar-refractivity contribution is -0.113. The van der Waals surface area contributed by atoms with E-state index in [1.54, 1.807) is 7.11 Å². The molecule has 1 heterocycles. The Kier molecular flexibility index (Phi) is 6.44. The van der Waals surface area contributed by atoms with Crippen molar-refractivity contribution in [1.82, 2.24) is 10.2 Å². The summed E-state index contributed by atoms with van der Waals surface area (Å²) < 4.78 is 4.95. The second-order valence-electron chi connectivity index (χ2n) is 4.10. The van der Waals surface area contributed by atoms with Crippen LogP contribution < -0.4 is 5.32 Å². The number of carbonyl (C=O) groups is 1. The summed E-state index contributed by atoms with van der Waals surface area (Å²) in [6.07, 6.45) is 0. The number of halogens is 1. The van der Waals surface area contributed by atoms with Crippen molar-refractivity contribution in [3.8, 4) is 0 Å². The summed E-state index contributed by atoms with van der Waals surface area (Å²) in [5.41, 5.74) is 1.13. The van der Waals surface area contributed by atoms with Gasteiger partial charge in [0.15, 0.2) is 0 Å². The van der Waals surface area contributed by atoms with Crippen LogP contribution in [0.25, 0.3) is 0 Å². The largest absolute Gasteiger partial charge is 0.377 e. The second kappa shape index (κ2) is 8.33. The molecule has 1 amide bonds. The fraction of sp³-hybridized carbons (Fsp3) is 0.308. The Morgan fingerprint density at radius 3 is 2.86 bits per heavy atom. The molecule has 2 rings (SSSR count). The van der Waals surface area contributed by atoms with Crippen LogP contribution in [-0.2, 0) is 21.9 Å². The molecule has 21 heavy (non-hydrogen) atoms. The van der Waals surface area contributed by atoms with Gasteiger partial charge in [-0.25, -0.2) is 0 Å². The fourth-order valence-corrected chi connectivity index (χ4v) is 3.13. The van der Waals surface area contributed by atoms with Crippen LogP contribution in [-0.4, -0.2) is 29.0 Å². The average Bonchev–Trinajstić information content (AvgIpc) is 2.89. The lowest BCUT2D eigenvalue weighted by Crippen LogP contribution is -2.13. The maximum atomic E-state index is 11.8. The second-order valence-corrected chi connectivity index (χ2v) is 6.59. The van der Waals surface area contributed by atoms with Crippen molar-refractivity contribution in [2.75, 3.05) is 18.2 Å². The molecule has 1 N–H and O–H groups in total. The molecule has 0 radical (unpaired) electrons. The van der Waals surface area contributed by atoms with Crippen molar-refractivity contribution in [2.24, 2.45) is 0 Å². The number of aromatic nitrogens is 2. The Hall–Kier alpha value is -1.15. The van der Waals surface area contributed by atoms with Gasteiger partial charge in [0.05, 0.1) is 5.75 Å². The van der Waals surface area contributed by atoms with E-state index in [1.807, 2.05) is 24.3 Å². The molecule has 0 bridgehead atoms. The van der Waals surface area contributed by atoms with Gasteiger partial charge in [0.25, 0.3) is 0 Å². The van der Waals surface area contributed by atoms with Gasteiger partial charge in [-0.2, -0.15) is 0 Å². The predicted molar refractivity (Wildman–Crippen MR) is 86.9 cm³/mol. The number of hydrogen-bond donors (Lipinski definition) is 1. The number of thioether (sulfide) groups is 1. The zero-order chi connectivity index (χ0) is 15.1. The monoisotopic (exact) mass is 343 g/mol. The third kappa shape index (κ3) is 5.62. The van der Waals surface area contributed by atoms with E-state index in [9.17, 15) is 4.79 Å². The number of rotatable bonds is 7. The van der Waals surface area contributed by atoms with Gasteiger partial charge in [0.2, 0.25) is 11.0 Å². The number of anilines is 1. The fourth-order valence-electron chi connectivity index (χ4n) is 1.48. The zero-order valence-electron chi connectivity index (χ0n) is 11.3. The Morgan fingerprint density at radius 2 is 2.14 bits per heavy atom. The summed E-state index contributed by atoms with van der Waals surface area (Å²) in [7, 11) is 1.59. The Bertz CT molecular complexity index is 589. The van der Waals surface area contributed by atoms with Crippen LogP contribution >= 0.6 is 34.7 Å². The first kappa shape index (κ1) is 16.2. The van der Waals surface area contributed by atoms with E-state index in [4.69, 9.17) is 16.3 Å². The predicted octanol–water partition coefficient (Wildman–Crippen LogP) is 3.21. The van der Waals surface area contributed by atoms with Crippen molar-refractivity contribution in [2.45, 2.75) is 12.4 Å². The summed E-state index contributed by atoms with van der Waals surface area (Å²) in [6, 6.07) is 7.59. The van der Waals surface area contributed by atoms with Crippen LogP contribution in [0.5, 0.6) is 0 Å². The molecule has 1 aromatic heterocycles. The van der Waals surface area contributed by atoms with Crippen LogP contribution in [0.15, 0.2) is 24.3 Å². The van der Waals surface area contributed by atoms with E-state index in [1.165, 1.54) is 23.1 Å². The molecule has 8 heteroatoms. The topological polar surface area (TPSA) is 64.1 Å². The van der Waals surface area contributed by atoms with Crippen molar-refractivity contribution in [1.29, 1.82) is 0 Å². The summed E-state index contributed by atoms with van der Waals surface area (Å²) in [5.74, 6) is 1.03. The highest BCUT2D eigenvalue weighted by molar-refractivity contribution is 7.99. The number of hydrogen-bond acceptors (Lipinski definition) is 6. The van der Waals surface area contributed by atoms with Crippen LogP contribution in [0.2, 0.25) is 5.02 Å². The van der Waals surface area contributed by atoms with Gasteiger partial charge in [-0.1, -0.05) is 35.1 Å². The maximum Gasteiger partial charge on any atom is 0.236 e. The van der Waals surface area contributed by atoms with E-state index >= 15 is 0 Å². The Labute approximate surface area is 136 Å². The van der Waals surface area contributed by atoms with Crippen LogP contribution in [0, 0.1) is 0 Å². The first-order valence-corrected chi connectivity index (χ1v) is 8.45. The lowest BCUT2D eigenvalue weighted by atomic mass is 10.2. The quantitative estimate of drug-likeness (QED) is 0.836. The van der Waals surface area contributed by atoms with E-state index in [-0.39, 0.29) is 5.91 Å². The van der Waals surface area contributed by atoms with Crippen LogP contribution in [0.4, 0.5) is 5.13 Å². The van der Waals surface area contributed by atoms with Gasteiger partial charge in [-0.15, -0.1) is 22.0 Å². The summed E-state index contributed by atoms with van der Waals surface area (Å²) in [6.45, 7) is 0.402. The van der Waals surface area contributed by atoms with Crippen molar-refractivity contribution >= 4 is 45.7 Å². The highest BCUT2D eigenvalue weighted by Crippen LogP contribution is 2.18. The highest BCUT2D eigenvalue weighted by atomic mass is 35.5. The number of nitrogens with one attached hydrogen (secondary N) is 1. The van der Waals surface area contributed by atoms with Gasteiger partial charge in [0, 0.05) is 17.9 Å². The molecule has 1 aromatic carbocycles. The molecule has 0 fully saturated rings. The van der Waals surface area contributed by atoms with E-state index < -0.39 is 0 Å². The molecule has 0 atom stereocenters. The van der Waals surface area contributed by atoms with Gasteiger partial charge in [-0.05, 0) is 17.7 Å². The van der Waals surface area contributed by atoms with Crippen molar-refractivity contribution in [3.05, 3.63) is 39.9 Å². The van der Waals surface area contributed by atoms with E-state index in [0.29, 0.717) is 22.5 Å².